The Labute approximate surface area is 123 Å². The van der Waals surface area contributed by atoms with Crippen LogP contribution < -0.4 is 5.32 Å². The molecule has 0 bridgehead atoms. The summed E-state index contributed by atoms with van der Waals surface area (Å²) >= 11 is 8.17. The van der Waals surface area contributed by atoms with Crippen molar-refractivity contribution in [3.05, 3.63) is 37.8 Å². The maximum absolute atomic E-state index is 6.32. The molecule has 5 heteroatoms. The standard InChI is InChI=1S/C14H20ClN3S/c1-8-6-13(19-10(8)3)12(16-4)7-11-9(2)17-18(5)14(11)15/h6,12,16H,7H2,1-5H3. The fourth-order valence-corrected chi connectivity index (χ4v) is 3.63. The number of halogens is 1. The van der Waals surface area contributed by atoms with Gasteiger partial charge >= 0.3 is 0 Å². The van der Waals surface area contributed by atoms with Crippen LogP contribution in [0.15, 0.2) is 6.07 Å². The number of thiophene rings is 1. The van der Waals surface area contributed by atoms with E-state index < -0.39 is 0 Å². The zero-order valence-corrected chi connectivity index (χ0v) is 13.6. The highest BCUT2D eigenvalue weighted by molar-refractivity contribution is 7.12. The van der Waals surface area contributed by atoms with Crippen LogP contribution in [0.2, 0.25) is 5.15 Å². The van der Waals surface area contributed by atoms with E-state index in [-0.39, 0.29) is 6.04 Å². The molecule has 1 unspecified atom stereocenters. The zero-order valence-electron chi connectivity index (χ0n) is 12.0. The van der Waals surface area contributed by atoms with E-state index in [1.165, 1.54) is 15.3 Å². The Hall–Kier alpha value is -0.840. The quantitative estimate of drug-likeness (QED) is 0.935. The van der Waals surface area contributed by atoms with Crippen LogP contribution in [-0.2, 0) is 13.5 Å². The second kappa shape index (κ2) is 5.65. The molecule has 0 saturated heterocycles. The predicted molar refractivity (Wildman–Crippen MR) is 82.3 cm³/mol. The summed E-state index contributed by atoms with van der Waals surface area (Å²) in [6, 6.07) is 2.55. The largest absolute Gasteiger partial charge is 0.312 e. The Morgan fingerprint density at radius 1 is 1.42 bits per heavy atom. The molecule has 0 amide bonds. The van der Waals surface area contributed by atoms with E-state index >= 15 is 0 Å². The summed E-state index contributed by atoms with van der Waals surface area (Å²) in [6.07, 6.45) is 0.869. The van der Waals surface area contributed by atoms with Gasteiger partial charge in [-0.05, 0) is 45.9 Å². The first-order chi connectivity index (χ1) is 8.93. The third kappa shape index (κ3) is 2.86. The molecule has 0 aliphatic heterocycles. The summed E-state index contributed by atoms with van der Waals surface area (Å²) in [5.41, 5.74) is 3.50. The second-order valence-electron chi connectivity index (χ2n) is 4.91. The van der Waals surface area contributed by atoms with Crippen LogP contribution in [0.3, 0.4) is 0 Å². The van der Waals surface area contributed by atoms with Crippen LogP contribution in [0, 0.1) is 20.8 Å². The number of likely N-dealkylation sites (N-methyl/N-ethyl adjacent to an activating group) is 1. The van der Waals surface area contributed by atoms with E-state index in [9.17, 15) is 0 Å². The smallest absolute Gasteiger partial charge is 0.130 e. The van der Waals surface area contributed by atoms with Gasteiger partial charge in [-0.15, -0.1) is 11.3 Å². The monoisotopic (exact) mass is 297 g/mol. The number of nitrogens with zero attached hydrogens (tertiary/aromatic N) is 2. The molecule has 0 saturated carbocycles. The lowest BCUT2D eigenvalue weighted by atomic mass is 10.1. The first kappa shape index (κ1) is 14.6. The van der Waals surface area contributed by atoms with Crippen LogP contribution in [0.1, 0.15) is 32.6 Å². The second-order valence-corrected chi connectivity index (χ2v) is 6.56. The molecule has 0 aliphatic carbocycles. The van der Waals surface area contributed by atoms with Gasteiger partial charge in [0.15, 0.2) is 0 Å². The van der Waals surface area contributed by atoms with Gasteiger partial charge < -0.3 is 5.32 Å². The zero-order chi connectivity index (χ0) is 14.2. The Bertz CT molecular complexity index is 566. The highest BCUT2D eigenvalue weighted by Crippen LogP contribution is 2.31. The van der Waals surface area contributed by atoms with E-state index in [1.54, 1.807) is 4.68 Å². The van der Waals surface area contributed by atoms with Crippen molar-refractivity contribution < 1.29 is 0 Å². The fourth-order valence-electron chi connectivity index (χ4n) is 2.23. The minimum atomic E-state index is 0.290. The first-order valence-corrected chi connectivity index (χ1v) is 7.55. The molecule has 19 heavy (non-hydrogen) atoms. The number of aromatic nitrogens is 2. The Morgan fingerprint density at radius 3 is 2.53 bits per heavy atom. The SMILES string of the molecule is CNC(Cc1c(C)nn(C)c1Cl)c1cc(C)c(C)s1. The van der Waals surface area contributed by atoms with Gasteiger partial charge in [0, 0.05) is 28.4 Å². The van der Waals surface area contributed by atoms with Crippen molar-refractivity contribution in [2.75, 3.05) is 7.05 Å². The van der Waals surface area contributed by atoms with E-state index in [4.69, 9.17) is 11.6 Å². The van der Waals surface area contributed by atoms with Crippen molar-refractivity contribution in [1.29, 1.82) is 0 Å². The molecule has 2 aromatic rings. The molecule has 0 spiro atoms. The Kier molecular flexibility index (Phi) is 4.33. The number of hydrogen-bond acceptors (Lipinski definition) is 3. The van der Waals surface area contributed by atoms with E-state index in [2.05, 4.69) is 30.3 Å². The normalized spacial score (nSPS) is 12.9. The van der Waals surface area contributed by atoms with Crippen molar-refractivity contribution in [3.8, 4) is 0 Å². The van der Waals surface area contributed by atoms with Gasteiger partial charge in [-0.2, -0.15) is 5.10 Å². The molecule has 0 fully saturated rings. The molecule has 2 rings (SSSR count). The number of aryl methyl sites for hydroxylation is 4. The maximum atomic E-state index is 6.32. The molecule has 2 heterocycles. The molecule has 1 N–H and O–H groups in total. The average molecular weight is 298 g/mol. The lowest BCUT2D eigenvalue weighted by Gasteiger charge is -2.14. The molecule has 0 radical (unpaired) electrons. The summed E-state index contributed by atoms with van der Waals surface area (Å²) in [6.45, 7) is 6.34. The van der Waals surface area contributed by atoms with Gasteiger partial charge in [0.2, 0.25) is 0 Å². The van der Waals surface area contributed by atoms with Crippen LogP contribution in [0.5, 0.6) is 0 Å². The van der Waals surface area contributed by atoms with Gasteiger partial charge in [-0.1, -0.05) is 11.6 Å². The molecule has 0 aliphatic rings. The maximum Gasteiger partial charge on any atom is 0.130 e. The van der Waals surface area contributed by atoms with Crippen molar-refractivity contribution in [2.24, 2.45) is 7.05 Å². The molecule has 0 aromatic carbocycles. The van der Waals surface area contributed by atoms with E-state index in [1.807, 2.05) is 32.4 Å². The van der Waals surface area contributed by atoms with Gasteiger partial charge in [0.25, 0.3) is 0 Å². The Balaban J connectivity index is 2.29. The minimum Gasteiger partial charge on any atom is -0.312 e. The average Bonchev–Trinajstić information content (AvgIpc) is 2.80. The molecular formula is C14H20ClN3S. The van der Waals surface area contributed by atoms with Crippen LogP contribution >= 0.6 is 22.9 Å². The first-order valence-electron chi connectivity index (χ1n) is 6.36. The number of nitrogens with one attached hydrogen (secondary N) is 1. The van der Waals surface area contributed by atoms with Gasteiger partial charge in [-0.25, -0.2) is 0 Å². The predicted octanol–water partition coefficient (Wildman–Crippen LogP) is 3.56. The highest BCUT2D eigenvalue weighted by Gasteiger charge is 2.19. The molecule has 104 valence electrons. The summed E-state index contributed by atoms with van der Waals surface area (Å²) in [5, 5.41) is 8.50. The highest BCUT2D eigenvalue weighted by atomic mass is 35.5. The lowest BCUT2D eigenvalue weighted by molar-refractivity contribution is 0.600. The van der Waals surface area contributed by atoms with Crippen molar-refractivity contribution in [3.63, 3.8) is 0 Å². The number of rotatable bonds is 4. The fraction of sp³-hybridized carbons (Fsp3) is 0.500. The summed E-state index contributed by atoms with van der Waals surface area (Å²) in [4.78, 5) is 2.74. The van der Waals surface area contributed by atoms with Gasteiger partial charge in [-0.3, -0.25) is 4.68 Å². The van der Waals surface area contributed by atoms with Crippen molar-refractivity contribution in [1.82, 2.24) is 15.1 Å². The topological polar surface area (TPSA) is 29.9 Å². The number of hydrogen-bond donors (Lipinski definition) is 1. The van der Waals surface area contributed by atoms with E-state index in [0.717, 1.165) is 22.8 Å². The third-order valence-corrected chi connectivity index (χ3v) is 5.29. The minimum absolute atomic E-state index is 0.290. The van der Waals surface area contributed by atoms with Gasteiger partial charge in [0.05, 0.1) is 5.69 Å². The summed E-state index contributed by atoms with van der Waals surface area (Å²) in [7, 11) is 3.88. The summed E-state index contributed by atoms with van der Waals surface area (Å²) in [5.74, 6) is 0. The van der Waals surface area contributed by atoms with Crippen LogP contribution in [0.4, 0.5) is 0 Å². The van der Waals surface area contributed by atoms with E-state index in [0.29, 0.717) is 0 Å². The Morgan fingerprint density at radius 2 is 2.11 bits per heavy atom. The van der Waals surface area contributed by atoms with Crippen LogP contribution in [0.25, 0.3) is 0 Å². The molecule has 2 aromatic heterocycles. The lowest BCUT2D eigenvalue weighted by Crippen LogP contribution is -2.18. The molecular weight excluding hydrogens is 278 g/mol. The van der Waals surface area contributed by atoms with Gasteiger partial charge in [0.1, 0.15) is 5.15 Å². The van der Waals surface area contributed by atoms with Crippen molar-refractivity contribution >= 4 is 22.9 Å². The van der Waals surface area contributed by atoms with Crippen LogP contribution in [-0.4, -0.2) is 16.8 Å². The third-order valence-electron chi connectivity index (χ3n) is 3.56. The van der Waals surface area contributed by atoms with Crippen molar-refractivity contribution in [2.45, 2.75) is 33.2 Å². The summed E-state index contributed by atoms with van der Waals surface area (Å²) < 4.78 is 1.74. The molecule has 3 nitrogen and oxygen atoms in total. The molecule has 1 atom stereocenters.